The molecule has 0 aromatic heterocycles. The quantitative estimate of drug-likeness (QED) is 0.0481. The van der Waals surface area contributed by atoms with Crippen molar-refractivity contribution < 1.29 is 49.4 Å². The fraction of sp³-hybridized carbons (Fsp3) is 0.730. The molecule has 1 aliphatic carbocycles. The highest BCUT2D eigenvalue weighted by atomic mass is 16.7. The molecule has 1 saturated carbocycles. The number of hydrogen-bond donors (Lipinski definition) is 9. The number of unbranched alkanes of at least 4 members (excludes halogenated alkanes) is 4. The number of aromatic hydroxyl groups is 1. The topological polar surface area (TPSA) is 263 Å². The van der Waals surface area contributed by atoms with Crippen LogP contribution in [0.3, 0.4) is 0 Å². The number of amides is 3. The molecule has 10 atom stereocenters. The maximum Gasteiger partial charge on any atom is 0.246 e. The molecule has 2 heterocycles. The Morgan fingerprint density at radius 3 is 2.40 bits per heavy atom. The van der Waals surface area contributed by atoms with E-state index in [2.05, 4.69) is 22.5 Å². The number of aliphatic hydroxyl groups is 4. The van der Waals surface area contributed by atoms with Gasteiger partial charge in [-0.1, -0.05) is 44.7 Å². The first-order valence-corrected chi connectivity index (χ1v) is 19.1. The number of rotatable bonds is 20. The Balaban J connectivity index is 1.58. The van der Waals surface area contributed by atoms with E-state index in [0.717, 1.165) is 25.7 Å². The molecule has 3 fully saturated rings. The van der Waals surface area contributed by atoms with Crippen molar-refractivity contribution in [3.05, 3.63) is 29.8 Å². The Bertz CT molecular complexity index is 1350. The number of aliphatic imine (C=N–C) groups is 1. The number of hydrogen-bond acceptors (Lipinski definition) is 11. The van der Waals surface area contributed by atoms with Gasteiger partial charge in [0.1, 0.15) is 36.1 Å². The second kappa shape index (κ2) is 20.8. The zero-order valence-corrected chi connectivity index (χ0v) is 30.7. The molecule has 2 aliphatic heterocycles. The van der Waals surface area contributed by atoms with Gasteiger partial charge in [-0.15, -0.1) is 0 Å². The Hall–Kier alpha value is -3.54. The number of carbonyl (C=O) groups excluding carboxylic acids is 3. The molecule has 0 radical (unpaired) electrons. The first-order chi connectivity index (χ1) is 25.4. The summed E-state index contributed by atoms with van der Waals surface area (Å²) in [5.74, 6) is -1.22. The van der Waals surface area contributed by atoms with E-state index in [-0.39, 0.29) is 43.0 Å². The molecular formula is C37H60N6O10. The number of nitrogens with zero attached hydrogens (tertiary/aromatic N) is 2. The fourth-order valence-corrected chi connectivity index (χ4v) is 7.72. The van der Waals surface area contributed by atoms with Crippen molar-refractivity contribution in [3.63, 3.8) is 0 Å². The van der Waals surface area contributed by atoms with Crippen LogP contribution >= 0.6 is 0 Å². The molecule has 1 aromatic rings. The molecule has 3 aliphatic rings. The molecule has 11 N–H and O–H groups in total. The number of phenolic OH excluding ortho intramolecular Hbond substituents is 1. The molecule has 16 heteroatoms. The maximum atomic E-state index is 14.8. The van der Waals surface area contributed by atoms with Gasteiger partial charge in [0.05, 0.1) is 25.4 Å². The standard InChI is InChI=1S/C37H60N6O10/c1-2-3-4-5-6-9-31(47)42-27(17-22-10-13-25(46)14-11-22)35(51)43-28-19-26(52-36-33(49)32(48)30(21-45)53-36)15-12-23(28)18-29(43)34(50)41-24(20-44)8-7-16-40-37(38)39/h10-11,13-14,23-24,26-30,32-33,36,44-46,48-49H,2-9,12,15-21H2,1H3,(H,41,50)(H,42,47)(H4,38,39,40). The molecule has 0 bridgehead atoms. The van der Waals surface area contributed by atoms with Crippen molar-refractivity contribution in [2.24, 2.45) is 22.4 Å². The van der Waals surface area contributed by atoms with Gasteiger partial charge in [0.2, 0.25) is 17.7 Å². The summed E-state index contributed by atoms with van der Waals surface area (Å²) < 4.78 is 11.7. The van der Waals surface area contributed by atoms with E-state index in [0.29, 0.717) is 57.1 Å². The van der Waals surface area contributed by atoms with Gasteiger partial charge in [0.15, 0.2) is 12.2 Å². The predicted molar refractivity (Wildman–Crippen MR) is 195 cm³/mol. The van der Waals surface area contributed by atoms with Crippen molar-refractivity contribution >= 4 is 23.7 Å². The van der Waals surface area contributed by atoms with E-state index in [4.69, 9.17) is 20.9 Å². The lowest BCUT2D eigenvalue weighted by atomic mass is 9.83. The summed E-state index contributed by atoms with van der Waals surface area (Å²) in [5.41, 5.74) is 11.5. The van der Waals surface area contributed by atoms with E-state index in [1.807, 2.05) is 0 Å². The minimum Gasteiger partial charge on any atom is -0.508 e. The number of guanidine groups is 1. The third-order valence-electron chi connectivity index (χ3n) is 10.6. The Labute approximate surface area is 311 Å². The van der Waals surface area contributed by atoms with Crippen molar-refractivity contribution in [1.82, 2.24) is 15.5 Å². The molecule has 4 rings (SSSR count). The molecule has 16 nitrogen and oxygen atoms in total. The van der Waals surface area contributed by atoms with Crippen molar-refractivity contribution in [2.45, 2.75) is 145 Å². The number of fused-ring (bicyclic) bond motifs is 1. The summed E-state index contributed by atoms with van der Waals surface area (Å²) in [7, 11) is 0. The average molecular weight is 749 g/mol. The van der Waals surface area contributed by atoms with Gasteiger partial charge in [0, 0.05) is 25.4 Å². The molecule has 2 saturated heterocycles. The number of phenols is 1. The number of likely N-dealkylation sites (tertiary alicyclic amines) is 1. The minimum absolute atomic E-state index is 0.0524. The first kappa shape index (κ1) is 42.2. The summed E-state index contributed by atoms with van der Waals surface area (Å²) >= 11 is 0. The lowest BCUT2D eigenvalue weighted by molar-refractivity contribution is -0.202. The fourth-order valence-electron chi connectivity index (χ4n) is 7.72. The Morgan fingerprint density at radius 2 is 1.74 bits per heavy atom. The van der Waals surface area contributed by atoms with Gasteiger partial charge in [-0.25, -0.2) is 0 Å². The van der Waals surface area contributed by atoms with Crippen LogP contribution in [-0.2, 0) is 30.3 Å². The summed E-state index contributed by atoms with van der Waals surface area (Å²) in [6, 6.07) is 3.37. The number of nitrogens with two attached hydrogens (primary N) is 2. The molecule has 0 spiro atoms. The molecular weight excluding hydrogens is 688 g/mol. The zero-order chi connectivity index (χ0) is 38.5. The van der Waals surface area contributed by atoms with Gasteiger partial charge >= 0.3 is 0 Å². The predicted octanol–water partition coefficient (Wildman–Crippen LogP) is -0.0955. The Morgan fingerprint density at radius 1 is 1.00 bits per heavy atom. The van der Waals surface area contributed by atoms with Crippen molar-refractivity contribution in [1.29, 1.82) is 0 Å². The van der Waals surface area contributed by atoms with Gasteiger partial charge < -0.3 is 62.0 Å². The molecule has 298 valence electrons. The highest BCUT2D eigenvalue weighted by Gasteiger charge is 2.52. The van der Waals surface area contributed by atoms with Crippen LogP contribution in [0.5, 0.6) is 5.75 Å². The van der Waals surface area contributed by atoms with Crippen molar-refractivity contribution in [3.8, 4) is 5.75 Å². The van der Waals surface area contributed by atoms with E-state index in [1.54, 1.807) is 17.0 Å². The second-order valence-corrected chi connectivity index (χ2v) is 14.6. The van der Waals surface area contributed by atoms with Crippen LogP contribution in [0.25, 0.3) is 0 Å². The van der Waals surface area contributed by atoms with Crippen LogP contribution in [0.15, 0.2) is 29.3 Å². The Kier molecular flexibility index (Phi) is 16.6. The van der Waals surface area contributed by atoms with Crippen LogP contribution in [0.4, 0.5) is 0 Å². The van der Waals surface area contributed by atoms with Crippen LogP contribution < -0.4 is 22.1 Å². The molecule has 1 aromatic carbocycles. The number of ether oxygens (including phenoxy) is 2. The largest absolute Gasteiger partial charge is 0.508 e. The number of benzene rings is 1. The lowest BCUT2D eigenvalue weighted by Gasteiger charge is -2.39. The third kappa shape index (κ3) is 12.0. The first-order valence-electron chi connectivity index (χ1n) is 19.1. The smallest absolute Gasteiger partial charge is 0.246 e. The number of nitrogens with one attached hydrogen (secondary N) is 2. The summed E-state index contributed by atoms with van der Waals surface area (Å²) in [6.07, 6.45) is 2.39. The van der Waals surface area contributed by atoms with E-state index in [9.17, 15) is 39.9 Å². The summed E-state index contributed by atoms with van der Waals surface area (Å²) in [4.78, 5) is 47.7. The van der Waals surface area contributed by atoms with E-state index in [1.165, 1.54) is 12.1 Å². The van der Waals surface area contributed by atoms with Gasteiger partial charge in [-0.3, -0.25) is 19.4 Å². The van der Waals surface area contributed by atoms with Gasteiger partial charge in [0.25, 0.3) is 0 Å². The monoisotopic (exact) mass is 748 g/mol. The van der Waals surface area contributed by atoms with Crippen molar-refractivity contribution in [2.75, 3.05) is 19.8 Å². The van der Waals surface area contributed by atoms with E-state index >= 15 is 0 Å². The van der Waals surface area contributed by atoms with E-state index < -0.39 is 73.3 Å². The molecule has 53 heavy (non-hydrogen) atoms. The minimum atomic E-state index is -1.38. The number of aliphatic hydroxyl groups excluding tert-OH is 4. The second-order valence-electron chi connectivity index (χ2n) is 14.6. The lowest BCUT2D eigenvalue weighted by Crippen LogP contribution is -2.58. The number of carbonyl (C=O) groups is 3. The maximum absolute atomic E-state index is 14.8. The van der Waals surface area contributed by atoms with Crippen LogP contribution in [0.1, 0.15) is 89.5 Å². The molecule has 3 amide bonds. The van der Waals surface area contributed by atoms with Gasteiger partial charge in [-0.05, 0) is 68.6 Å². The third-order valence-corrected chi connectivity index (χ3v) is 10.6. The van der Waals surface area contributed by atoms with Gasteiger partial charge in [-0.2, -0.15) is 0 Å². The van der Waals surface area contributed by atoms with Crippen LogP contribution in [0.2, 0.25) is 0 Å². The summed E-state index contributed by atoms with van der Waals surface area (Å²) in [5, 5.41) is 56.2. The molecule has 10 unspecified atom stereocenters. The normalized spacial score (nSPS) is 27.8. The SMILES string of the molecule is CCCCCCCC(=O)NC(Cc1ccc(O)cc1)C(=O)N1C(C(=O)NC(CO)CCCN=C(N)N)CC2CCC(OC3OC(CO)C(O)C3O)CC21. The van der Waals surface area contributed by atoms with Crippen LogP contribution in [-0.4, -0.2) is 129 Å². The van der Waals surface area contributed by atoms with Crippen LogP contribution in [0, 0.1) is 5.92 Å². The zero-order valence-electron chi connectivity index (χ0n) is 30.7. The highest BCUT2D eigenvalue weighted by molar-refractivity contribution is 5.93. The average Bonchev–Trinajstić information content (AvgIpc) is 3.65. The summed E-state index contributed by atoms with van der Waals surface area (Å²) in [6.45, 7) is 1.61. The highest BCUT2D eigenvalue weighted by Crippen LogP contribution is 2.42.